The smallest absolute Gasteiger partial charge is 0.264 e. The first-order valence-electron chi connectivity index (χ1n) is 14.9. The zero-order valence-corrected chi connectivity index (χ0v) is 27.8. The van der Waals surface area contributed by atoms with Gasteiger partial charge < -0.3 is 10.2 Å². The molecule has 0 aliphatic heterocycles. The predicted molar refractivity (Wildman–Crippen MR) is 181 cm³/mol. The van der Waals surface area contributed by atoms with Crippen molar-refractivity contribution in [3.63, 3.8) is 0 Å². The quantitative estimate of drug-likeness (QED) is 0.172. The summed E-state index contributed by atoms with van der Waals surface area (Å²) in [7, 11) is -4.18. The van der Waals surface area contributed by atoms with Gasteiger partial charge in [0.2, 0.25) is 11.8 Å². The molecule has 1 aliphatic rings. The lowest BCUT2D eigenvalue weighted by molar-refractivity contribution is -0.140. The van der Waals surface area contributed by atoms with Gasteiger partial charge in [-0.1, -0.05) is 101 Å². The topological polar surface area (TPSA) is 86.8 Å². The average molecular weight is 709 g/mol. The highest BCUT2D eigenvalue weighted by Gasteiger charge is 2.35. The van der Waals surface area contributed by atoms with Gasteiger partial charge in [-0.15, -0.1) is 0 Å². The van der Waals surface area contributed by atoms with Crippen molar-refractivity contribution in [2.24, 2.45) is 0 Å². The highest BCUT2D eigenvalue weighted by molar-refractivity contribution is 9.10. The third kappa shape index (κ3) is 8.54. The molecular formula is C35H35BrClN3O4S. The van der Waals surface area contributed by atoms with Crippen molar-refractivity contribution in [1.29, 1.82) is 0 Å². The highest BCUT2D eigenvalue weighted by atomic mass is 79.9. The molecule has 1 saturated carbocycles. The van der Waals surface area contributed by atoms with Crippen LogP contribution in [0.15, 0.2) is 119 Å². The maximum Gasteiger partial charge on any atom is 0.264 e. The Labute approximate surface area is 278 Å². The second-order valence-electron chi connectivity index (χ2n) is 11.1. The van der Waals surface area contributed by atoms with E-state index in [9.17, 15) is 18.0 Å². The average Bonchev–Trinajstić information content (AvgIpc) is 3.56. The summed E-state index contributed by atoms with van der Waals surface area (Å²) in [5, 5.41) is 3.59. The largest absolute Gasteiger partial charge is 0.352 e. The zero-order chi connectivity index (χ0) is 31.8. The number of halogens is 2. The molecule has 7 nitrogen and oxygen atoms in total. The maximum absolute atomic E-state index is 14.5. The van der Waals surface area contributed by atoms with Crippen molar-refractivity contribution in [3.8, 4) is 0 Å². The molecule has 1 N–H and O–H groups in total. The Hall–Kier alpha value is -3.66. The van der Waals surface area contributed by atoms with E-state index in [1.165, 1.54) is 29.2 Å². The van der Waals surface area contributed by atoms with E-state index in [1.54, 1.807) is 30.3 Å². The van der Waals surface area contributed by atoms with Crippen LogP contribution in [-0.2, 0) is 32.6 Å². The van der Waals surface area contributed by atoms with E-state index in [0.717, 1.165) is 45.6 Å². The third-order valence-corrected chi connectivity index (χ3v) is 10.5. The van der Waals surface area contributed by atoms with E-state index in [1.807, 2.05) is 54.6 Å². The molecule has 0 radical (unpaired) electrons. The van der Waals surface area contributed by atoms with Crippen LogP contribution in [0.25, 0.3) is 0 Å². The molecule has 0 aromatic heterocycles. The number of rotatable bonds is 12. The van der Waals surface area contributed by atoms with Gasteiger partial charge in [-0.25, -0.2) is 8.42 Å². The van der Waals surface area contributed by atoms with Crippen LogP contribution in [-0.4, -0.2) is 43.8 Å². The van der Waals surface area contributed by atoms with Gasteiger partial charge in [0, 0.05) is 28.5 Å². The molecule has 0 heterocycles. The molecule has 10 heteroatoms. The van der Waals surface area contributed by atoms with Crippen LogP contribution in [0.3, 0.4) is 0 Å². The second-order valence-corrected chi connectivity index (χ2v) is 14.4. The van der Waals surface area contributed by atoms with E-state index in [0.29, 0.717) is 10.7 Å². The van der Waals surface area contributed by atoms with Gasteiger partial charge in [-0.3, -0.25) is 13.9 Å². The molecular weight excluding hydrogens is 674 g/mol. The molecule has 234 valence electrons. The molecule has 1 atom stereocenters. The molecule has 0 unspecified atom stereocenters. The van der Waals surface area contributed by atoms with E-state index >= 15 is 0 Å². The van der Waals surface area contributed by atoms with E-state index in [4.69, 9.17) is 11.6 Å². The van der Waals surface area contributed by atoms with Crippen LogP contribution in [0.5, 0.6) is 0 Å². The van der Waals surface area contributed by atoms with Crippen LogP contribution in [0, 0.1) is 0 Å². The summed E-state index contributed by atoms with van der Waals surface area (Å²) in [6.45, 7) is -0.390. The summed E-state index contributed by atoms with van der Waals surface area (Å²) in [6.07, 6.45) is 4.16. The highest BCUT2D eigenvalue weighted by Crippen LogP contribution is 2.26. The van der Waals surface area contributed by atoms with Gasteiger partial charge in [-0.2, -0.15) is 0 Å². The summed E-state index contributed by atoms with van der Waals surface area (Å²) < 4.78 is 30.1. The third-order valence-electron chi connectivity index (χ3n) is 7.96. The van der Waals surface area contributed by atoms with Crippen molar-refractivity contribution >= 4 is 55.1 Å². The van der Waals surface area contributed by atoms with Gasteiger partial charge in [-0.05, 0) is 72.5 Å². The minimum Gasteiger partial charge on any atom is -0.352 e. The summed E-state index contributed by atoms with van der Waals surface area (Å²) >= 11 is 9.52. The molecule has 2 amide bonds. The van der Waals surface area contributed by atoms with Gasteiger partial charge >= 0.3 is 0 Å². The molecule has 0 bridgehead atoms. The Bertz CT molecular complexity index is 1680. The molecule has 4 aromatic carbocycles. The minimum absolute atomic E-state index is 0.00262. The van der Waals surface area contributed by atoms with Crippen molar-refractivity contribution in [2.45, 2.75) is 55.6 Å². The lowest BCUT2D eigenvalue weighted by Gasteiger charge is -2.34. The summed E-state index contributed by atoms with van der Waals surface area (Å²) in [5.41, 5.74) is 2.04. The Morgan fingerprint density at radius 2 is 1.42 bits per heavy atom. The number of amides is 2. The first-order valence-corrected chi connectivity index (χ1v) is 17.5. The lowest BCUT2D eigenvalue weighted by atomic mass is 10.0. The molecule has 4 aromatic rings. The number of anilines is 1. The van der Waals surface area contributed by atoms with Gasteiger partial charge in [0.1, 0.15) is 12.6 Å². The summed E-state index contributed by atoms with van der Waals surface area (Å²) in [6, 6.07) is 30.6. The van der Waals surface area contributed by atoms with Crippen molar-refractivity contribution in [1.82, 2.24) is 10.2 Å². The monoisotopic (exact) mass is 707 g/mol. The second kappa shape index (κ2) is 15.1. The molecule has 1 fully saturated rings. The first kappa shape index (κ1) is 32.7. The fraction of sp³-hybridized carbons (Fsp3) is 0.257. The number of hydrogen-bond acceptors (Lipinski definition) is 4. The number of carbonyl (C=O) groups is 2. The fourth-order valence-corrected chi connectivity index (χ4v) is 7.37. The number of nitrogens with zero attached hydrogens (tertiary/aromatic N) is 2. The van der Waals surface area contributed by atoms with Gasteiger partial charge in [0.15, 0.2) is 0 Å². The number of para-hydroxylation sites is 1. The predicted octanol–water partition coefficient (Wildman–Crippen LogP) is 7.00. The van der Waals surface area contributed by atoms with Crippen LogP contribution >= 0.6 is 27.5 Å². The van der Waals surface area contributed by atoms with Crippen LogP contribution < -0.4 is 9.62 Å². The van der Waals surface area contributed by atoms with Crippen LogP contribution in [0.4, 0.5) is 5.69 Å². The summed E-state index contributed by atoms with van der Waals surface area (Å²) in [5.74, 6) is -0.746. The number of nitrogens with one attached hydrogen (secondary N) is 1. The van der Waals surface area contributed by atoms with E-state index in [-0.39, 0.29) is 29.8 Å². The van der Waals surface area contributed by atoms with Crippen LogP contribution in [0.1, 0.15) is 36.8 Å². The number of hydrogen-bond donors (Lipinski definition) is 1. The standard InChI is InChI=1S/C35H35BrClN3O4S/c36-28-17-15-27(16-18-28)24-39(33(23-26-9-3-1-4-10-26)35(42)38-30-11-7-8-12-30)34(41)25-40(31-13-5-2-6-14-31)45(43,44)32-21-19-29(37)20-22-32/h1-6,9-10,13-22,30,33H,7-8,11-12,23-25H2,(H,38,42)/t33-/m0/s1. The van der Waals surface area contributed by atoms with Crippen LogP contribution in [0.2, 0.25) is 5.02 Å². The zero-order valence-electron chi connectivity index (χ0n) is 24.7. The fourth-order valence-electron chi connectivity index (χ4n) is 5.56. The molecule has 5 rings (SSSR count). The van der Waals surface area contributed by atoms with Gasteiger partial charge in [0.25, 0.3) is 10.0 Å². The van der Waals surface area contributed by atoms with Crippen molar-refractivity contribution in [3.05, 3.63) is 130 Å². The maximum atomic E-state index is 14.5. The van der Waals surface area contributed by atoms with Crippen molar-refractivity contribution in [2.75, 3.05) is 10.8 Å². The SMILES string of the molecule is O=C(NC1CCCC1)[C@H](Cc1ccccc1)N(Cc1ccc(Br)cc1)C(=O)CN(c1ccccc1)S(=O)(=O)c1ccc(Cl)cc1. The minimum atomic E-state index is -4.18. The molecule has 1 aliphatic carbocycles. The van der Waals surface area contributed by atoms with E-state index in [2.05, 4.69) is 21.2 Å². The normalized spacial score (nSPS) is 14.1. The molecule has 0 saturated heterocycles. The molecule has 0 spiro atoms. The Balaban J connectivity index is 1.54. The number of carbonyl (C=O) groups excluding carboxylic acids is 2. The summed E-state index contributed by atoms with van der Waals surface area (Å²) in [4.78, 5) is 30.1. The number of benzene rings is 4. The Morgan fingerprint density at radius 3 is 2.04 bits per heavy atom. The Morgan fingerprint density at radius 1 is 0.822 bits per heavy atom. The van der Waals surface area contributed by atoms with Gasteiger partial charge in [0.05, 0.1) is 10.6 Å². The Kier molecular flexibility index (Phi) is 11.0. The van der Waals surface area contributed by atoms with E-state index < -0.39 is 28.5 Å². The number of sulfonamides is 1. The first-order chi connectivity index (χ1) is 21.7. The van der Waals surface area contributed by atoms with Crippen molar-refractivity contribution < 1.29 is 18.0 Å². The molecule has 45 heavy (non-hydrogen) atoms. The lowest BCUT2D eigenvalue weighted by Crippen LogP contribution is -2.54.